The van der Waals surface area contributed by atoms with Crippen LogP contribution in [0.2, 0.25) is 0 Å². The van der Waals surface area contributed by atoms with Gasteiger partial charge in [0.15, 0.2) is 0 Å². The van der Waals surface area contributed by atoms with Gasteiger partial charge in [-0.1, -0.05) is 24.3 Å². The van der Waals surface area contributed by atoms with E-state index in [4.69, 9.17) is 5.11 Å². The Morgan fingerprint density at radius 2 is 1.95 bits per heavy atom. The lowest BCUT2D eigenvalue weighted by atomic mass is 9.87. The lowest BCUT2D eigenvalue weighted by Crippen LogP contribution is -2.44. The molecule has 2 rings (SSSR count). The van der Waals surface area contributed by atoms with Crippen LogP contribution in [0.1, 0.15) is 36.8 Å². The second-order valence-electron chi connectivity index (χ2n) is 5.98. The number of aliphatic hydroxyl groups excluding tert-OH is 1. The number of benzene rings is 1. The Morgan fingerprint density at radius 1 is 1.24 bits per heavy atom. The Balaban J connectivity index is 1.65. The minimum Gasteiger partial charge on any atom is -0.396 e. The van der Waals surface area contributed by atoms with E-state index in [1.807, 2.05) is 12.1 Å². The molecule has 0 bridgehead atoms. The second-order valence-corrected chi connectivity index (χ2v) is 5.98. The highest BCUT2D eigenvalue weighted by molar-refractivity contribution is 5.74. The first-order valence-corrected chi connectivity index (χ1v) is 7.88. The smallest absolute Gasteiger partial charge is 0.315 e. The van der Waals surface area contributed by atoms with E-state index >= 15 is 0 Å². The molecule has 0 aromatic heterocycles. The van der Waals surface area contributed by atoms with Gasteiger partial charge in [-0.25, -0.2) is 4.79 Å². The van der Waals surface area contributed by atoms with Crippen molar-refractivity contribution in [3.05, 3.63) is 35.4 Å². The van der Waals surface area contributed by atoms with E-state index in [1.54, 1.807) is 0 Å². The number of amides is 2. The molecule has 0 spiro atoms. The van der Waals surface area contributed by atoms with E-state index in [0.29, 0.717) is 12.5 Å². The summed E-state index contributed by atoms with van der Waals surface area (Å²) in [7, 11) is 0. The largest absolute Gasteiger partial charge is 0.396 e. The molecular weight excluding hydrogens is 264 g/mol. The predicted octanol–water partition coefficient (Wildman–Crippen LogP) is 2.39. The molecule has 0 radical (unpaired) electrons. The summed E-state index contributed by atoms with van der Waals surface area (Å²) in [5.74, 6) is 0.423. The van der Waals surface area contributed by atoms with Gasteiger partial charge in [-0.05, 0) is 56.1 Å². The summed E-state index contributed by atoms with van der Waals surface area (Å²) in [5, 5.41) is 15.1. The van der Waals surface area contributed by atoms with Gasteiger partial charge in [-0.3, -0.25) is 0 Å². The van der Waals surface area contributed by atoms with Crippen LogP contribution in [0.3, 0.4) is 0 Å². The van der Waals surface area contributed by atoms with Gasteiger partial charge >= 0.3 is 6.03 Å². The molecule has 116 valence electrons. The van der Waals surface area contributed by atoms with E-state index in [-0.39, 0.29) is 18.7 Å². The predicted molar refractivity (Wildman–Crippen MR) is 84.2 cm³/mol. The molecule has 0 saturated heterocycles. The first-order chi connectivity index (χ1) is 10.2. The highest BCUT2D eigenvalue weighted by Crippen LogP contribution is 2.23. The summed E-state index contributed by atoms with van der Waals surface area (Å²) < 4.78 is 0. The molecule has 4 heteroatoms. The Labute approximate surface area is 126 Å². The normalized spacial score (nSPS) is 21.8. The highest BCUT2D eigenvalue weighted by atomic mass is 16.3. The number of carbonyl (C=O) groups excluding carboxylic acids is 1. The summed E-state index contributed by atoms with van der Waals surface area (Å²) >= 11 is 0. The quantitative estimate of drug-likeness (QED) is 0.780. The van der Waals surface area contributed by atoms with Crippen LogP contribution in [-0.4, -0.2) is 30.3 Å². The number of hydrogen-bond donors (Lipinski definition) is 3. The SMILES string of the molecule is Cc1ccccc1CCNC(=O)NC1CCC(CO)CC1. The number of urea groups is 1. The van der Waals surface area contributed by atoms with E-state index in [1.165, 1.54) is 11.1 Å². The third-order valence-electron chi connectivity index (χ3n) is 4.38. The lowest BCUT2D eigenvalue weighted by molar-refractivity contribution is 0.174. The number of nitrogens with one attached hydrogen (secondary N) is 2. The third-order valence-corrected chi connectivity index (χ3v) is 4.38. The van der Waals surface area contributed by atoms with Crippen LogP contribution in [-0.2, 0) is 6.42 Å². The van der Waals surface area contributed by atoms with Crippen LogP contribution in [0, 0.1) is 12.8 Å². The van der Waals surface area contributed by atoms with Crippen molar-refractivity contribution < 1.29 is 9.90 Å². The zero-order valence-electron chi connectivity index (χ0n) is 12.8. The molecule has 0 atom stereocenters. The molecule has 0 aliphatic heterocycles. The van der Waals surface area contributed by atoms with Crippen LogP contribution in [0.25, 0.3) is 0 Å². The number of hydrogen-bond acceptors (Lipinski definition) is 2. The van der Waals surface area contributed by atoms with Gasteiger partial charge in [0.2, 0.25) is 0 Å². The lowest BCUT2D eigenvalue weighted by Gasteiger charge is -2.27. The average Bonchev–Trinajstić information content (AvgIpc) is 2.50. The molecule has 1 aromatic carbocycles. The van der Waals surface area contributed by atoms with Gasteiger partial charge in [-0.15, -0.1) is 0 Å². The van der Waals surface area contributed by atoms with Crippen LogP contribution < -0.4 is 10.6 Å². The van der Waals surface area contributed by atoms with Crippen LogP contribution in [0.15, 0.2) is 24.3 Å². The Kier molecular flexibility index (Phi) is 6.05. The number of aliphatic hydroxyl groups is 1. The fourth-order valence-corrected chi connectivity index (χ4v) is 2.93. The molecule has 4 nitrogen and oxygen atoms in total. The average molecular weight is 290 g/mol. The molecule has 1 aliphatic rings. The van der Waals surface area contributed by atoms with Gasteiger partial charge < -0.3 is 15.7 Å². The summed E-state index contributed by atoms with van der Waals surface area (Å²) in [6.07, 6.45) is 4.81. The van der Waals surface area contributed by atoms with Gasteiger partial charge in [0, 0.05) is 19.2 Å². The Hall–Kier alpha value is -1.55. The van der Waals surface area contributed by atoms with E-state index in [0.717, 1.165) is 32.1 Å². The fourth-order valence-electron chi connectivity index (χ4n) is 2.93. The van der Waals surface area contributed by atoms with E-state index in [2.05, 4.69) is 29.7 Å². The molecule has 1 aromatic rings. The van der Waals surface area contributed by atoms with E-state index < -0.39 is 0 Å². The maximum absolute atomic E-state index is 11.9. The van der Waals surface area contributed by atoms with Crippen molar-refractivity contribution in [2.24, 2.45) is 5.92 Å². The van der Waals surface area contributed by atoms with Crippen LogP contribution in [0.5, 0.6) is 0 Å². The number of carbonyl (C=O) groups is 1. The molecule has 0 unspecified atom stereocenters. The second kappa shape index (κ2) is 8.03. The third kappa shape index (κ3) is 5.05. The van der Waals surface area contributed by atoms with Crippen LogP contribution >= 0.6 is 0 Å². The van der Waals surface area contributed by atoms with Gasteiger partial charge in [0.25, 0.3) is 0 Å². The van der Waals surface area contributed by atoms with Crippen LogP contribution in [0.4, 0.5) is 4.79 Å². The molecule has 2 amide bonds. The Morgan fingerprint density at radius 3 is 2.62 bits per heavy atom. The summed E-state index contributed by atoms with van der Waals surface area (Å²) in [5.41, 5.74) is 2.54. The highest BCUT2D eigenvalue weighted by Gasteiger charge is 2.21. The molecule has 21 heavy (non-hydrogen) atoms. The zero-order valence-corrected chi connectivity index (χ0v) is 12.8. The molecular formula is C17H26N2O2. The standard InChI is InChI=1S/C17H26N2O2/c1-13-4-2-3-5-15(13)10-11-18-17(21)19-16-8-6-14(12-20)7-9-16/h2-5,14,16,20H,6-12H2,1H3,(H2,18,19,21). The first kappa shape index (κ1) is 15.8. The van der Waals surface area contributed by atoms with Crippen molar-refractivity contribution >= 4 is 6.03 Å². The summed E-state index contributed by atoms with van der Waals surface area (Å²) in [6.45, 7) is 3.02. The van der Waals surface area contributed by atoms with Gasteiger partial charge in [0.1, 0.15) is 0 Å². The number of aryl methyl sites for hydroxylation is 1. The maximum Gasteiger partial charge on any atom is 0.315 e. The zero-order chi connectivity index (χ0) is 15.1. The summed E-state index contributed by atoms with van der Waals surface area (Å²) in [4.78, 5) is 11.9. The number of rotatable bonds is 5. The van der Waals surface area contributed by atoms with Crippen molar-refractivity contribution in [3.63, 3.8) is 0 Å². The van der Waals surface area contributed by atoms with Crippen molar-refractivity contribution in [3.8, 4) is 0 Å². The molecule has 1 aliphatic carbocycles. The van der Waals surface area contributed by atoms with E-state index in [9.17, 15) is 4.79 Å². The molecule has 1 fully saturated rings. The molecule has 1 saturated carbocycles. The first-order valence-electron chi connectivity index (χ1n) is 7.88. The topological polar surface area (TPSA) is 61.4 Å². The van der Waals surface area contributed by atoms with Crippen molar-refractivity contribution in [1.29, 1.82) is 0 Å². The van der Waals surface area contributed by atoms with Crippen molar-refractivity contribution in [1.82, 2.24) is 10.6 Å². The van der Waals surface area contributed by atoms with Crippen molar-refractivity contribution in [2.45, 2.75) is 45.1 Å². The fraction of sp³-hybridized carbons (Fsp3) is 0.588. The minimum atomic E-state index is -0.0731. The molecule has 3 N–H and O–H groups in total. The minimum absolute atomic E-state index is 0.0731. The molecule has 0 heterocycles. The van der Waals surface area contributed by atoms with Gasteiger partial charge in [0.05, 0.1) is 0 Å². The van der Waals surface area contributed by atoms with Gasteiger partial charge in [-0.2, -0.15) is 0 Å². The summed E-state index contributed by atoms with van der Waals surface area (Å²) in [6, 6.07) is 8.44. The maximum atomic E-state index is 11.9. The van der Waals surface area contributed by atoms with Crippen molar-refractivity contribution in [2.75, 3.05) is 13.2 Å². The Bertz CT molecular complexity index is 454. The monoisotopic (exact) mass is 290 g/mol.